The number of nitrogens with two attached hydrogens (primary N) is 1. The average molecular weight is 286 g/mol. The van der Waals surface area contributed by atoms with Gasteiger partial charge in [-0.2, -0.15) is 0 Å². The Balaban J connectivity index is 2.26. The molecule has 0 spiro atoms. The zero-order chi connectivity index (χ0) is 14.3. The first-order valence-electron chi connectivity index (χ1n) is 6.52. The maximum absolute atomic E-state index is 6.11. The van der Waals surface area contributed by atoms with Crippen LogP contribution in [0.2, 0.25) is 5.02 Å². The highest BCUT2D eigenvalue weighted by molar-refractivity contribution is 6.30. The minimum absolute atomic E-state index is 0.534. The number of aromatic nitrogens is 2. The SMILES string of the molecule is Cc1ccc(Cl)cc1-c1nc2ccc(CN)cc2n1C. The summed E-state index contributed by atoms with van der Waals surface area (Å²) < 4.78 is 2.09. The lowest BCUT2D eigenvalue weighted by atomic mass is 10.1. The minimum Gasteiger partial charge on any atom is -0.327 e. The maximum atomic E-state index is 6.11. The van der Waals surface area contributed by atoms with Crippen LogP contribution in [0.1, 0.15) is 11.1 Å². The smallest absolute Gasteiger partial charge is 0.141 e. The monoisotopic (exact) mass is 285 g/mol. The van der Waals surface area contributed by atoms with Crippen molar-refractivity contribution in [2.75, 3.05) is 0 Å². The predicted molar refractivity (Wildman–Crippen MR) is 83.8 cm³/mol. The number of benzene rings is 2. The second kappa shape index (κ2) is 4.93. The summed E-state index contributed by atoms with van der Waals surface area (Å²) in [5.74, 6) is 0.925. The van der Waals surface area contributed by atoms with E-state index in [0.29, 0.717) is 6.54 Å². The molecule has 0 bridgehead atoms. The number of aryl methyl sites for hydroxylation is 2. The van der Waals surface area contributed by atoms with Crippen LogP contribution in [0.5, 0.6) is 0 Å². The van der Waals surface area contributed by atoms with E-state index in [1.165, 1.54) is 0 Å². The number of hydrogen-bond donors (Lipinski definition) is 1. The molecular formula is C16H16ClN3. The highest BCUT2D eigenvalue weighted by Crippen LogP contribution is 2.28. The van der Waals surface area contributed by atoms with Crippen molar-refractivity contribution >= 4 is 22.6 Å². The van der Waals surface area contributed by atoms with Gasteiger partial charge in [-0.15, -0.1) is 0 Å². The van der Waals surface area contributed by atoms with Crippen molar-refractivity contribution in [2.24, 2.45) is 12.8 Å². The summed E-state index contributed by atoms with van der Waals surface area (Å²) in [6.07, 6.45) is 0. The van der Waals surface area contributed by atoms with Gasteiger partial charge in [0, 0.05) is 24.2 Å². The Kier molecular flexibility index (Phi) is 3.24. The number of rotatable bonds is 2. The Morgan fingerprint density at radius 2 is 2.00 bits per heavy atom. The van der Waals surface area contributed by atoms with Crippen molar-refractivity contribution in [3.8, 4) is 11.4 Å². The van der Waals surface area contributed by atoms with E-state index in [1.807, 2.05) is 37.4 Å². The molecule has 0 aliphatic carbocycles. The number of imidazole rings is 1. The molecule has 4 heteroatoms. The van der Waals surface area contributed by atoms with E-state index in [1.54, 1.807) is 0 Å². The molecule has 0 saturated heterocycles. The molecule has 0 unspecified atom stereocenters. The zero-order valence-corrected chi connectivity index (χ0v) is 12.3. The van der Waals surface area contributed by atoms with Crippen LogP contribution in [0.3, 0.4) is 0 Å². The van der Waals surface area contributed by atoms with Gasteiger partial charge in [-0.1, -0.05) is 23.7 Å². The van der Waals surface area contributed by atoms with E-state index < -0.39 is 0 Å². The fourth-order valence-electron chi connectivity index (χ4n) is 2.44. The normalized spacial score (nSPS) is 11.2. The third-order valence-electron chi connectivity index (χ3n) is 3.62. The van der Waals surface area contributed by atoms with Gasteiger partial charge in [0.1, 0.15) is 5.82 Å². The topological polar surface area (TPSA) is 43.8 Å². The van der Waals surface area contributed by atoms with Crippen LogP contribution >= 0.6 is 11.6 Å². The van der Waals surface area contributed by atoms with E-state index in [-0.39, 0.29) is 0 Å². The van der Waals surface area contributed by atoms with Crippen LogP contribution in [0.25, 0.3) is 22.4 Å². The summed E-state index contributed by atoms with van der Waals surface area (Å²) in [7, 11) is 2.02. The quantitative estimate of drug-likeness (QED) is 0.781. The van der Waals surface area contributed by atoms with Crippen LogP contribution < -0.4 is 5.73 Å². The predicted octanol–water partition coefficient (Wildman–Crippen LogP) is 3.66. The Hall–Kier alpha value is -1.84. The van der Waals surface area contributed by atoms with Gasteiger partial charge in [-0.05, 0) is 42.3 Å². The van der Waals surface area contributed by atoms with Crippen LogP contribution in [0.4, 0.5) is 0 Å². The highest BCUT2D eigenvalue weighted by Gasteiger charge is 2.12. The van der Waals surface area contributed by atoms with Gasteiger partial charge in [0.25, 0.3) is 0 Å². The minimum atomic E-state index is 0.534. The molecule has 3 nitrogen and oxygen atoms in total. The number of halogens is 1. The second-order valence-electron chi connectivity index (χ2n) is 4.98. The molecule has 20 heavy (non-hydrogen) atoms. The first-order chi connectivity index (χ1) is 9.60. The standard InChI is InChI=1S/C16H16ClN3/c1-10-3-5-12(17)8-13(10)16-19-14-6-4-11(9-18)7-15(14)20(16)2/h3-8H,9,18H2,1-2H3. The van der Waals surface area contributed by atoms with Gasteiger partial charge in [0.05, 0.1) is 11.0 Å². The molecule has 0 fully saturated rings. The molecule has 2 N–H and O–H groups in total. The molecule has 0 saturated carbocycles. The Bertz CT molecular complexity index is 790. The van der Waals surface area contributed by atoms with Crippen molar-refractivity contribution in [3.05, 3.63) is 52.5 Å². The highest BCUT2D eigenvalue weighted by atomic mass is 35.5. The Morgan fingerprint density at radius 1 is 1.20 bits per heavy atom. The summed E-state index contributed by atoms with van der Waals surface area (Å²) in [5, 5.41) is 0.723. The van der Waals surface area contributed by atoms with E-state index in [9.17, 15) is 0 Å². The van der Waals surface area contributed by atoms with Crippen molar-refractivity contribution in [1.29, 1.82) is 0 Å². The molecule has 3 aromatic rings. The Labute approximate surface area is 123 Å². The lowest BCUT2D eigenvalue weighted by Crippen LogP contribution is -1.97. The van der Waals surface area contributed by atoms with Gasteiger partial charge in [-0.25, -0.2) is 4.98 Å². The molecule has 1 heterocycles. The van der Waals surface area contributed by atoms with E-state index in [0.717, 1.165) is 38.6 Å². The fourth-order valence-corrected chi connectivity index (χ4v) is 2.61. The second-order valence-corrected chi connectivity index (χ2v) is 5.42. The lowest BCUT2D eigenvalue weighted by Gasteiger charge is -2.07. The lowest BCUT2D eigenvalue weighted by molar-refractivity contribution is 0.954. The number of nitrogens with zero attached hydrogens (tertiary/aromatic N) is 2. The Morgan fingerprint density at radius 3 is 2.75 bits per heavy atom. The average Bonchev–Trinajstić information content (AvgIpc) is 2.78. The third-order valence-corrected chi connectivity index (χ3v) is 3.86. The fraction of sp³-hybridized carbons (Fsp3) is 0.188. The van der Waals surface area contributed by atoms with Gasteiger partial charge >= 0.3 is 0 Å². The van der Waals surface area contributed by atoms with Crippen LogP contribution in [-0.2, 0) is 13.6 Å². The van der Waals surface area contributed by atoms with Crippen molar-refractivity contribution in [2.45, 2.75) is 13.5 Å². The molecule has 2 aromatic carbocycles. The molecule has 0 aliphatic heterocycles. The van der Waals surface area contributed by atoms with Crippen molar-refractivity contribution in [3.63, 3.8) is 0 Å². The summed E-state index contributed by atoms with van der Waals surface area (Å²) in [6, 6.07) is 12.0. The van der Waals surface area contributed by atoms with E-state index >= 15 is 0 Å². The molecule has 0 aliphatic rings. The van der Waals surface area contributed by atoms with Gasteiger partial charge in [0.15, 0.2) is 0 Å². The molecule has 1 aromatic heterocycles. The van der Waals surface area contributed by atoms with Crippen molar-refractivity contribution < 1.29 is 0 Å². The maximum Gasteiger partial charge on any atom is 0.141 e. The molecule has 0 amide bonds. The summed E-state index contributed by atoms with van der Waals surface area (Å²) in [6.45, 7) is 2.60. The van der Waals surface area contributed by atoms with Crippen LogP contribution in [-0.4, -0.2) is 9.55 Å². The number of hydrogen-bond acceptors (Lipinski definition) is 2. The summed E-state index contributed by atoms with van der Waals surface area (Å²) in [4.78, 5) is 4.72. The van der Waals surface area contributed by atoms with E-state index in [4.69, 9.17) is 22.3 Å². The summed E-state index contributed by atoms with van der Waals surface area (Å²) >= 11 is 6.11. The van der Waals surface area contributed by atoms with Gasteiger partial charge < -0.3 is 10.3 Å². The molecule has 102 valence electrons. The van der Waals surface area contributed by atoms with Crippen molar-refractivity contribution in [1.82, 2.24) is 9.55 Å². The first-order valence-corrected chi connectivity index (χ1v) is 6.90. The number of fused-ring (bicyclic) bond motifs is 1. The van der Waals surface area contributed by atoms with Crippen LogP contribution in [0, 0.1) is 6.92 Å². The van der Waals surface area contributed by atoms with Gasteiger partial charge in [-0.3, -0.25) is 0 Å². The molecule has 0 radical (unpaired) electrons. The summed E-state index contributed by atoms with van der Waals surface area (Å²) in [5.41, 5.74) is 11.1. The van der Waals surface area contributed by atoms with Gasteiger partial charge in [0.2, 0.25) is 0 Å². The largest absolute Gasteiger partial charge is 0.327 e. The zero-order valence-electron chi connectivity index (χ0n) is 11.5. The first kappa shape index (κ1) is 13.2. The molecular weight excluding hydrogens is 270 g/mol. The molecule has 0 atom stereocenters. The van der Waals surface area contributed by atoms with E-state index in [2.05, 4.69) is 17.6 Å². The molecule has 3 rings (SSSR count). The third kappa shape index (κ3) is 2.09. The van der Waals surface area contributed by atoms with Crippen LogP contribution in [0.15, 0.2) is 36.4 Å².